The van der Waals surface area contributed by atoms with E-state index in [4.69, 9.17) is 9.52 Å². The van der Waals surface area contributed by atoms with Gasteiger partial charge in [-0.2, -0.15) is 0 Å². The fourth-order valence-electron chi connectivity index (χ4n) is 2.56. The van der Waals surface area contributed by atoms with Crippen LogP contribution in [0.1, 0.15) is 48.2 Å². The van der Waals surface area contributed by atoms with Gasteiger partial charge in [0.05, 0.1) is 19.4 Å². The summed E-state index contributed by atoms with van der Waals surface area (Å²) in [5, 5.41) is 21.8. The van der Waals surface area contributed by atoms with E-state index in [2.05, 4.69) is 5.32 Å². The van der Waals surface area contributed by atoms with Gasteiger partial charge in [-0.05, 0) is 18.9 Å². The third-order valence-electron chi connectivity index (χ3n) is 3.71. The van der Waals surface area contributed by atoms with E-state index in [0.717, 1.165) is 25.7 Å². The van der Waals surface area contributed by atoms with Gasteiger partial charge in [-0.1, -0.05) is 19.3 Å². The zero-order chi connectivity index (χ0) is 13.0. The Hall–Kier alpha value is -1.33. The van der Waals surface area contributed by atoms with E-state index >= 15 is 0 Å². The molecule has 1 heterocycles. The number of furan rings is 1. The summed E-state index contributed by atoms with van der Waals surface area (Å²) in [5.41, 5.74) is -0.0905. The van der Waals surface area contributed by atoms with Gasteiger partial charge >= 0.3 is 5.97 Å². The molecule has 0 spiro atoms. The number of hydrogen-bond donors (Lipinski definition) is 3. The molecule has 1 saturated carbocycles. The summed E-state index contributed by atoms with van der Waals surface area (Å²) in [6.45, 7) is 0.422. The van der Waals surface area contributed by atoms with Gasteiger partial charge in [0, 0.05) is 5.54 Å². The predicted octanol–water partition coefficient (Wildman–Crippen LogP) is 1.76. The molecule has 0 aliphatic heterocycles. The van der Waals surface area contributed by atoms with E-state index in [1.54, 1.807) is 0 Å². The molecule has 18 heavy (non-hydrogen) atoms. The predicted molar refractivity (Wildman–Crippen MR) is 65.4 cm³/mol. The maximum atomic E-state index is 10.9. The monoisotopic (exact) mass is 253 g/mol. The maximum absolute atomic E-state index is 10.9. The molecule has 1 fully saturated rings. The van der Waals surface area contributed by atoms with Crippen LogP contribution in [0.5, 0.6) is 0 Å². The Morgan fingerprint density at radius 2 is 2.11 bits per heavy atom. The van der Waals surface area contributed by atoms with E-state index in [1.165, 1.54) is 18.8 Å². The first-order valence-corrected chi connectivity index (χ1v) is 6.32. The van der Waals surface area contributed by atoms with Gasteiger partial charge in [0.15, 0.2) is 0 Å². The highest BCUT2D eigenvalue weighted by atomic mass is 16.4. The van der Waals surface area contributed by atoms with Crippen molar-refractivity contribution in [2.24, 2.45) is 0 Å². The molecule has 5 heteroatoms. The number of aliphatic hydroxyl groups excluding tert-OH is 1. The quantitative estimate of drug-likeness (QED) is 0.744. The van der Waals surface area contributed by atoms with Crippen molar-refractivity contribution in [1.29, 1.82) is 0 Å². The average molecular weight is 253 g/mol. The number of rotatable bonds is 5. The molecular formula is C13H19NO4. The van der Waals surface area contributed by atoms with Crippen LogP contribution in [-0.4, -0.2) is 28.3 Å². The maximum Gasteiger partial charge on any atom is 0.339 e. The zero-order valence-electron chi connectivity index (χ0n) is 10.3. The highest BCUT2D eigenvalue weighted by Crippen LogP contribution is 2.28. The van der Waals surface area contributed by atoms with Crippen molar-refractivity contribution in [3.63, 3.8) is 0 Å². The molecule has 100 valence electrons. The minimum atomic E-state index is -0.984. The normalized spacial score (nSPS) is 18.7. The van der Waals surface area contributed by atoms with Crippen LogP contribution in [0.25, 0.3) is 0 Å². The Morgan fingerprint density at radius 1 is 1.39 bits per heavy atom. The number of carbonyl (C=O) groups is 1. The second-order valence-electron chi connectivity index (χ2n) is 4.92. The molecule has 3 N–H and O–H groups in total. The third-order valence-corrected chi connectivity index (χ3v) is 3.71. The number of carboxylic acid groups (broad SMARTS) is 1. The first-order valence-electron chi connectivity index (χ1n) is 6.32. The SMILES string of the molecule is O=C(O)c1ccoc1CNC1(CO)CCCCC1. The summed E-state index contributed by atoms with van der Waals surface area (Å²) in [7, 11) is 0. The molecule has 0 bridgehead atoms. The van der Waals surface area contributed by atoms with Crippen LogP contribution in [0.15, 0.2) is 16.7 Å². The molecule has 1 aliphatic carbocycles. The van der Waals surface area contributed by atoms with E-state index < -0.39 is 5.97 Å². The second-order valence-corrected chi connectivity index (χ2v) is 4.92. The summed E-state index contributed by atoms with van der Waals surface area (Å²) >= 11 is 0. The smallest absolute Gasteiger partial charge is 0.339 e. The number of hydrogen-bond acceptors (Lipinski definition) is 4. The highest BCUT2D eigenvalue weighted by Gasteiger charge is 2.31. The molecule has 1 aliphatic rings. The topological polar surface area (TPSA) is 82.7 Å². The van der Waals surface area contributed by atoms with Crippen molar-refractivity contribution in [2.75, 3.05) is 6.61 Å². The lowest BCUT2D eigenvalue weighted by atomic mass is 9.82. The molecular weight excluding hydrogens is 234 g/mol. The van der Waals surface area contributed by atoms with Gasteiger partial charge in [-0.15, -0.1) is 0 Å². The van der Waals surface area contributed by atoms with Crippen molar-refractivity contribution in [1.82, 2.24) is 5.32 Å². The van der Waals surface area contributed by atoms with Crippen molar-refractivity contribution >= 4 is 5.97 Å². The van der Waals surface area contributed by atoms with Gasteiger partial charge < -0.3 is 19.9 Å². The summed E-state index contributed by atoms with van der Waals surface area (Å²) < 4.78 is 5.18. The molecule has 2 rings (SSSR count). The van der Waals surface area contributed by atoms with Crippen molar-refractivity contribution in [2.45, 2.75) is 44.2 Å². The van der Waals surface area contributed by atoms with Gasteiger partial charge in [-0.25, -0.2) is 4.79 Å². The minimum Gasteiger partial charge on any atom is -0.478 e. The lowest BCUT2D eigenvalue weighted by molar-refractivity contribution is 0.0692. The van der Waals surface area contributed by atoms with Crippen molar-refractivity contribution < 1.29 is 19.4 Å². The van der Waals surface area contributed by atoms with Crippen LogP contribution in [0.3, 0.4) is 0 Å². The summed E-state index contributed by atoms with van der Waals surface area (Å²) in [6, 6.07) is 1.45. The van der Waals surface area contributed by atoms with Crippen LogP contribution >= 0.6 is 0 Å². The van der Waals surface area contributed by atoms with Crippen molar-refractivity contribution in [3.8, 4) is 0 Å². The number of aliphatic hydroxyl groups is 1. The largest absolute Gasteiger partial charge is 0.478 e. The Morgan fingerprint density at radius 3 is 2.72 bits per heavy atom. The molecule has 1 aromatic rings. The fraction of sp³-hybridized carbons (Fsp3) is 0.615. The third kappa shape index (κ3) is 2.73. The van der Waals surface area contributed by atoms with Crippen LogP contribution in [0.2, 0.25) is 0 Å². The Balaban J connectivity index is 2.01. The lowest BCUT2D eigenvalue weighted by Gasteiger charge is -2.36. The number of nitrogens with one attached hydrogen (secondary N) is 1. The zero-order valence-corrected chi connectivity index (χ0v) is 10.3. The van der Waals surface area contributed by atoms with E-state index in [-0.39, 0.29) is 17.7 Å². The van der Waals surface area contributed by atoms with Crippen LogP contribution in [0, 0.1) is 0 Å². The molecule has 0 atom stereocenters. The van der Waals surface area contributed by atoms with Crippen LogP contribution in [-0.2, 0) is 6.54 Å². The summed E-state index contributed by atoms with van der Waals surface area (Å²) in [6.07, 6.45) is 6.62. The molecule has 0 aromatic carbocycles. The minimum absolute atomic E-state index is 0.0795. The van der Waals surface area contributed by atoms with Crippen LogP contribution in [0.4, 0.5) is 0 Å². The molecule has 0 unspecified atom stereocenters. The lowest BCUT2D eigenvalue weighted by Crippen LogP contribution is -2.49. The summed E-state index contributed by atoms with van der Waals surface area (Å²) in [4.78, 5) is 10.9. The molecule has 0 amide bonds. The number of aromatic carboxylic acids is 1. The van der Waals surface area contributed by atoms with E-state index in [9.17, 15) is 9.90 Å². The van der Waals surface area contributed by atoms with E-state index in [0.29, 0.717) is 12.3 Å². The highest BCUT2D eigenvalue weighted by molar-refractivity contribution is 5.88. The molecule has 0 saturated heterocycles. The Labute approximate surface area is 106 Å². The summed E-state index contributed by atoms with van der Waals surface area (Å²) in [5.74, 6) is -0.567. The molecule has 1 aromatic heterocycles. The Bertz CT molecular complexity index is 407. The Kier molecular flexibility index (Phi) is 4.04. The van der Waals surface area contributed by atoms with Crippen LogP contribution < -0.4 is 5.32 Å². The van der Waals surface area contributed by atoms with E-state index in [1.807, 2.05) is 0 Å². The van der Waals surface area contributed by atoms with Gasteiger partial charge in [0.1, 0.15) is 11.3 Å². The second kappa shape index (κ2) is 5.54. The van der Waals surface area contributed by atoms with Gasteiger partial charge in [0.25, 0.3) is 0 Å². The van der Waals surface area contributed by atoms with Gasteiger partial charge in [0.2, 0.25) is 0 Å². The molecule has 5 nitrogen and oxygen atoms in total. The fourth-order valence-corrected chi connectivity index (χ4v) is 2.56. The first-order chi connectivity index (χ1) is 8.67. The first kappa shape index (κ1) is 13.1. The van der Waals surface area contributed by atoms with Gasteiger partial charge in [-0.3, -0.25) is 0 Å². The molecule has 0 radical (unpaired) electrons. The van der Waals surface area contributed by atoms with Crippen molar-refractivity contribution in [3.05, 3.63) is 23.7 Å². The standard InChI is InChI=1S/C13H19NO4/c15-9-13(5-2-1-3-6-13)14-8-11-10(12(16)17)4-7-18-11/h4,7,14-15H,1-3,5-6,8-9H2,(H,16,17). The average Bonchev–Trinajstić information content (AvgIpc) is 2.86. The number of carboxylic acids is 1.